The van der Waals surface area contributed by atoms with Gasteiger partial charge in [-0.1, -0.05) is 34.1 Å². The Morgan fingerprint density at radius 3 is 2.69 bits per heavy atom. The first-order valence-corrected chi connectivity index (χ1v) is 9.57. The lowest BCUT2D eigenvalue weighted by Crippen LogP contribution is -2.12. The largest absolute Gasteiger partial charge is 0.490 e. The van der Waals surface area contributed by atoms with Crippen LogP contribution in [0, 0.1) is 14.9 Å². The maximum absolute atomic E-state index is 11.3. The van der Waals surface area contributed by atoms with E-state index >= 15 is 0 Å². The zero-order chi connectivity index (χ0) is 19.1. The van der Waals surface area contributed by atoms with Gasteiger partial charge in [0, 0.05) is 10.0 Å². The van der Waals surface area contributed by atoms with Crippen LogP contribution in [0.5, 0.6) is 11.5 Å². The van der Waals surface area contributed by atoms with E-state index < -0.39 is 5.91 Å². The van der Waals surface area contributed by atoms with Gasteiger partial charge in [-0.25, -0.2) is 0 Å². The van der Waals surface area contributed by atoms with Gasteiger partial charge in [0.2, 0.25) is 0 Å². The second-order valence-electron chi connectivity index (χ2n) is 5.18. The van der Waals surface area contributed by atoms with E-state index in [9.17, 15) is 4.79 Å². The molecule has 0 saturated carbocycles. The molecule has 5 nitrogen and oxygen atoms in total. The van der Waals surface area contributed by atoms with Gasteiger partial charge in [-0.05, 0) is 59.4 Å². The number of hydrogen-bond donors (Lipinski definition) is 1. The number of benzene rings is 2. The molecule has 134 valence electrons. The molecule has 2 rings (SSSR count). The molecule has 0 radical (unpaired) electrons. The Morgan fingerprint density at radius 1 is 1.35 bits per heavy atom. The van der Waals surface area contributed by atoms with Crippen molar-refractivity contribution in [2.45, 2.75) is 13.5 Å². The van der Waals surface area contributed by atoms with Gasteiger partial charge in [-0.3, -0.25) is 4.79 Å². The monoisotopic (exact) mass is 526 g/mol. The molecule has 0 aromatic heterocycles. The van der Waals surface area contributed by atoms with Gasteiger partial charge in [-0.2, -0.15) is 5.26 Å². The number of nitriles is 1. The van der Waals surface area contributed by atoms with E-state index in [0.29, 0.717) is 30.3 Å². The molecule has 0 atom stereocenters. The zero-order valence-corrected chi connectivity index (χ0v) is 17.7. The highest BCUT2D eigenvalue weighted by molar-refractivity contribution is 14.1. The Bertz CT molecular complexity index is 891. The zero-order valence-electron chi connectivity index (χ0n) is 14.0. The molecule has 0 bridgehead atoms. The summed E-state index contributed by atoms with van der Waals surface area (Å²) in [5.74, 6) is 0.382. The summed E-state index contributed by atoms with van der Waals surface area (Å²) in [6.45, 7) is 2.70. The third kappa shape index (κ3) is 5.22. The first-order chi connectivity index (χ1) is 12.5. The number of primary amides is 1. The fraction of sp³-hybridized carbons (Fsp3) is 0.158. The van der Waals surface area contributed by atoms with Crippen molar-refractivity contribution in [2.75, 3.05) is 6.61 Å². The number of amides is 1. The predicted molar refractivity (Wildman–Crippen MR) is 112 cm³/mol. The average molecular weight is 527 g/mol. The lowest BCUT2D eigenvalue weighted by atomic mass is 10.1. The molecule has 0 fully saturated rings. The van der Waals surface area contributed by atoms with Gasteiger partial charge in [0.15, 0.2) is 11.5 Å². The van der Waals surface area contributed by atoms with Gasteiger partial charge < -0.3 is 15.2 Å². The number of halogens is 2. The summed E-state index contributed by atoms with van der Waals surface area (Å²) >= 11 is 5.64. The summed E-state index contributed by atoms with van der Waals surface area (Å²) in [6.07, 6.45) is 1.44. The van der Waals surface area contributed by atoms with Crippen LogP contribution in [0.1, 0.15) is 18.1 Å². The van der Waals surface area contributed by atoms with E-state index in [1.807, 2.05) is 31.2 Å². The molecule has 0 aliphatic carbocycles. The Kier molecular flexibility index (Phi) is 7.48. The normalized spacial score (nSPS) is 10.9. The standard InChI is InChI=1S/C19H16BrIN2O3/c1-2-25-17-9-12(7-14(10-22)19(23)24)8-16(21)18(17)26-11-13-5-3-4-6-15(13)20/h3-9H,2,11H2,1H3,(H2,23,24)/b14-7+. The summed E-state index contributed by atoms with van der Waals surface area (Å²) in [5.41, 5.74) is 6.72. The van der Waals surface area contributed by atoms with Crippen LogP contribution in [0.2, 0.25) is 0 Å². The number of nitrogens with two attached hydrogens (primary N) is 1. The maximum Gasteiger partial charge on any atom is 0.259 e. The van der Waals surface area contributed by atoms with Crippen LogP contribution in [-0.4, -0.2) is 12.5 Å². The number of rotatable bonds is 7. The third-order valence-corrected chi connectivity index (χ3v) is 4.93. The molecular weight excluding hydrogens is 511 g/mol. The van der Waals surface area contributed by atoms with Crippen LogP contribution < -0.4 is 15.2 Å². The van der Waals surface area contributed by atoms with E-state index in [4.69, 9.17) is 20.5 Å². The predicted octanol–water partition coefficient (Wildman–Crippen LogP) is 4.42. The molecule has 0 spiro atoms. The average Bonchev–Trinajstić information content (AvgIpc) is 2.60. The number of carbonyl (C=O) groups excluding carboxylic acids is 1. The van der Waals surface area contributed by atoms with E-state index in [-0.39, 0.29) is 5.57 Å². The molecular formula is C19H16BrIN2O3. The Labute approximate surface area is 174 Å². The highest BCUT2D eigenvalue weighted by Gasteiger charge is 2.14. The van der Waals surface area contributed by atoms with Gasteiger partial charge in [0.25, 0.3) is 5.91 Å². The van der Waals surface area contributed by atoms with Crippen LogP contribution in [-0.2, 0) is 11.4 Å². The third-order valence-electron chi connectivity index (χ3n) is 3.36. The minimum absolute atomic E-state index is 0.120. The summed E-state index contributed by atoms with van der Waals surface area (Å²) in [6, 6.07) is 13.1. The number of ether oxygens (including phenoxy) is 2. The highest BCUT2D eigenvalue weighted by atomic mass is 127. The molecule has 2 aromatic carbocycles. The van der Waals surface area contributed by atoms with Crippen molar-refractivity contribution in [1.82, 2.24) is 0 Å². The van der Waals surface area contributed by atoms with Crippen LogP contribution in [0.15, 0.2) is 46.4 Å². The van der Waals surface area contributed by atoms with Crippen LogP contribution in [0.3, 0.4) is 0 Å². The smallest absolute Gasteiger partial charge is 0.259 e. The molecule has 0 heterocycles. The number of carbonyl (C=O) groups is 1. The van der Waals surface area contributed by atoms with Crippen molar-refractivity contribution < 1.29 is 14.3 Å². The van der Waals surface area contributed by atoms with Gasteiger partial charge in [0.05, 0.1) is 10.2 Å². The fourth-order valence-corrected chi connectivity index (χ4v) is 3.35. The van der Waals surface area contributed by atoms with E-state index in [2.05, 4.69) is 38.5 Å². The van der Waals surface area contributed by atoms with E-state index in [1.54, 1.807) is 18.2 Å². The fourth-order valence-electron chi connectivity index (χ4n) is 2.16. The second-order valence-corrected chi connectivity index (χ2v) is 7.19. The van der Waals surface area contributed by atoms with Crippen LogP contribution in [0.25, 0.3) is 6.08 Å². The number of hydrogen-bond acceptors (Lipinski definition) is 4. The summed E-state index contributed by atoms with van der Waals surface area (Å²) in [7, 11) is 0. The Balaban J connectivity index is 2.36. The van der Waals surface area contributed by atoms with Crippen LogP contribution >= 0.6 is 38.5 Å². The molecule has 2 N–H and O–H groups in total. The van der Waals surface area contributed by atoms with Gasteiger partial charge in [-0.15, -0.1) is 0 Å². The highest BCUT2D eigenvalue weighted by Crippen LogP contribution is 2.36. The molecule has 0 aliphatic rings. The van der Waals surface area contributed by atoms with Crippen LogP contribution in [0.4, 0.5) is 0 Å². The van der Waals surface area contributed by atoms with E-state index in [1.165, 1.54) is 6.08 Å². The summed E-state index contributed by atoms with van der Waals surface area (Å²) in [4.78, 5) is 11.3. The van der Waals surface area contributed by atoms with E-state index in [0.717, 1.165) is 13.6 Å². The molecule has 0 unspecified atom stereocenters. The van der Waals surface area contributed by atoms with Crippen molar-refractivity contribution in [3.05, 3.63) is 61.1 Å². The minimum atomic E-state index is -0.769. The van der Waals surface area contributed by atoms with Crippen molar-refractivity contribution in [3.8, 4) is 17.6 Å². The molecule has 1 amide bonds. The quantitative estimate of drug-likeness (QED) is 0.328. The lowest BCUT2D eigenvalue weighted by Gasteiger charge is -2.15. The lowest BCUT2D eigenvalue weighted by molar-refractivity contribution is -0.114. The molecule has 2 aromatic rings. The second kappa shape index (κ2) is 9.59. The first kappa shape index (κ1) is 20.3. The summed E-state index contributed by atoms with van der Waals surface area (Å²) in [5, 5.41) is 9.01. The minimum Gasteiger partial charge on any atom is -0.490 e. The SMILES string of the molecule is CCOc1cc(/C=C(\C#N)C(N)=O)cc(I)c1OCc1ccccc1Br. The van der Waals surface area contributed by atoms with Crippen molar-refractivity contribution in [2.24, 2.45) is 5.73 Å². The molecule has 7 heteroatoms. The maximum atomic E-state index is 11.3. The Hall–Kier alpha value is -2.05. The summed E-state index contributed by atoms with van der Waals surface area (Å²) < 4.78 is 13.4. The Morgan fingerprint density at radius 2 is 2.08 bits per heavy atom. The molecule has 26 heavy (non-hydrogen) atoms. The molecule has 0 aliphatic heterocycles. The van der Waals surface area contributed by atoms with Crippen molar-refractivity contribution in [1.29, 1.82) is 5.26 Å². The number of nitrogens with zero attached hydrogens (tertiary/aromatic N) is 1. The first-order valence-electron chi connectivity index (χ1n) is 7.70. The van der Waals surface area contributed by atoms with Gasteiger partial charge in [0.1, 0.15) is 18.2 Å². The van der Waals surface area contributed by atoms with Crippen molar-refractivity contribution in [3.63, 3.8) is 0 Å². The van der Waals surface area contributed by atoms with Crippen molar-refractivity contribution >= 4 is 50.5 Å². The molecule has 0 saturated heterocycles. The topological polar surface area (TPSA) is 85.3 Å². The van der Waals surface area contributed by atoms with Gasteiger partial charge >= 0.3 is 0 Å².